The fourth-order valence-corrected chi connectivity index (χ4v) is 4.89. The summed E-state index contributed by atoms with van der Waals surface area (Å²) >= 11 is 0. The van der Waals surface area contributed by atoms with Gasteiger partial charge in [-0.2, -0.15) is 5.10 Å². The average Bonchev–Trinajstić information content (AvgIpc) is 3.11. The Kier molecular flexibility index (Phi) is 7.05. The molecule has 1 aliphatic carbocycles. The van der Waals surface area contributed by atoms with Crippen molar-refractivity contribution in [3.05, 3.63) is 65.9 Å². The van der Waals surface area contributed by atoms with Crippen molar-refractivity contribution in [2.24, 2.45) is 11.8 Å². The van der Waals surface area contributed by atoms with Crippen LogP contribution in [-0.4, -0.2) is 34.1 Å². The van der Waals surface area contributed by atoms with Gasteiger partial charge >= 0.3 is 5.97 Å². The van der Waals surface area contributed by atoms with Crippen molar-refractivity contribution in [2.75, 3.05) is 13.2 Å². The second-order valence-electron chi connectivity index (χ2n) is 9.02. The van der Waals surface area contributed by atoms with Gasteiger partial charge in [-0.05, 0) is 63.0 Å². The molecule has 32 heavy (non-hydrogen) atoms. The van der Waals surface area contributed by atoms with Crippen LogP contribution in [0.2, 0.25) is 0 Å². The van der Waals surface area contributed by atoms with E-state index in [2.05, 4.69) is 67.1 Å². The normalized spacial score (nSPS) is 18.6. The highest BCUT2D eigenvalue weighted by molar-refractivity contribution is 5.83. The smallest absolute Gasteiger partial charge is 0.329 e. The molecule has 0 bridgehead atoms. The average molecular weight is 433 g/mol. The lowest BCUT2D eigenvalue weighted by Crippen LogP contribution is -2.23. The van der Waals surface area contributed by atoms with Crippen LogP contribution in [0.5, 0.6) is 0 Å². The highest BCUT2D eigenvalue weighted by Gasteiger charge is 2.25. The first-order chi connectivity index (χ1) is 15.5. The van der Waals surface area contributed by atoms with Crippen molar-refractivity contribution in [3.8, 4) is 22.4 Å². The highest BCUT2D eigenvalue weighted by Crippen LogP contribution is 2.37. The van der Waals surface area contributed by atoms with Gasteiger partial charge in [-0.15, -0.1) is 0 Å². The number of benzene rings is 2. The molecule has 1 heterocycles. The van der Waals surface area contributed by atoms with Gasteiger partial charge in [0.25, 0.3) is 0 Å². The molecule has 0 radical (unpaired) electrons. The Hall–Kier alpha value is -2.92. The maximum Gasteiger partial charge on any atom is 0.329 e. The number of hydrogen-bond donors (Lipinski definition) is 1. The number of hydrogen-bond acceptors (Lipinski definition) is 3. The third kappa shape index (κ3) is 5.28. The van der Waals surface area contributed by atoms with Gasteiger partial charge < -0.3 is 9.84 Å². The van der Waals surface area contributed by atoms with E-state index in [0.29, 0.717) is 18.4 Å². The third-order valence-electron chi connectivity index (χ3n) is 6.46. The molecule has 0 atom stereocenters. The maximum absolute atomic E-state index is 10.7. The van der Waals surface area contributed by atoms with Gasteiger partial charge in [-0.3, -0.25) is 4.68 Å². The minimum Gasteiger partial charge on any atom is -0.480 e. The molecule has 2 aromatic carbocycles. The van der Waals surface area contributed by atoms with E-state index in [0.717, 1.165) is 37.9 Å². The molecule has 1 fully saturated rings. The molecule has 0 unspecified atom stereocenters. The van der Waals surface area contributed by atoms with E-state index < -0.39 is 5.97 Å². The summed E-state index contributed by atoms with van der Waals surface area (Å²) in [6.45, 7) is 5.49. The summed E-state index contributed by atoms with van der Waals surface area (Å²) in [5, 5.41) is 13.8. The van der Waals surface area contributed by atoms with Crippen molar-refractivity contribution < 1.29 is 14.6 Å². The van der Waals surface area contributed by atoms with E-state index in [4.69, 9.17) is 14.9 Å². The lowest BCUT2D eigenvalue weighted by Gasteiger charge is -2.28. The molecular weight excluding hydrogens is 400 g/mol. The molecule has 1 saturated carbocycles. The molecule has 168 valence electrons. The second kappa shape index (κ2) is 10.1. The van der Waals surface area contributed by atoms with Crippen LogP contribution in [-0.2, 0) is 16.1 Å². The number of nitrogens with zero attached hydrogens (tertiary/aromatic N) is 2. The van der Waals surface area contributed by atoms with Crippen molar-refractivity contribution in [1.82, 2.24) is 9.78 Å². The zero-order valence-electron chi connectivity index (χ0n) is 19.0. The standard InChI is InChI=1S/C27H32N2O3/c1-19-7-6-10-24(15-19)27-26(23-8-4-3-5-9-23)20(2)28-29(27)16-21-11-13-22(14-12-21)17-32-18-25(30)31/h3-10,15,21-22H,11-14,16-18H2,1-2H3,(H,30,31)/t21-,22+. The molecule has 5 heteroatoms. The number of rotatable bonds is 8. The molecule has 1 N–H and O–H groups in total. The van der Waals surface area contributed by atoms with E-state index >= 15 is 0 Å². The number of carboxylic acid groups (broad SMARTS) is 1. The number of carbonyl (C=O) groups is 1. The van der Waals surface area contributed by atoms with E-state index in [1.807, 2.05) is 6.07 Å². The minimum atomic E-state index is -0.898. The fourth-order valence-electron chi connectivity index (χ4n) is 4.89. The lowest BCUT2D eigenvalue weighted by atomic mass is 9.82. The molecule has 0 amide bonds. The minimum absolute atomic E-state index is 0.200. The molecule has 0 aliphatic heterocycles. The molecule has 1 aromatic heterocycles. The first-order valence-electron chi connectivity index (χ1n) is 11.5. The van der Waals surface area contributed by atoms with Gasteiger partial charge in [0.15, 0.2) is 0 Å². The number of aromatic nitrogens is 2. The van der Waals surface area contributed by atoms with Gasteiger partial charge in [0.05, 0.1) is 18.0 Å². The Morgan fingerprint density at radius 2 is 1.69 bits per heavy atom. The Balaban J connectivity index is 1.55. The van der Waals surface area contributed by atoms with E-state index in [-0.39, 0.29) is 6.61 Å². The largest absolute Gasteiger partial charge is 0.480 e. The summed E-state index contributed by atoms with van der Waals surface area (Å²) in [7, 11) is 0. The van der Waals surface area contributed by atoms with Gasteiger partial charge in [-0.1, -0.05) is 54.1 Å². The van der Waals surface area contributed by atoms with Gasteiger partial charge in [-0.25, -0.2) is 4.79 Å². The third-order valence-corrected chi connectivity index (χ3v) is 6.46. The summed E-state index contributed by atoms with van der Waals surface area (Å²) in [5.74, 6) is 0.129. The quantitative estimate of drug-likeness (QED) is 0.493. The zero-order chi connectivity index (χ0) is 22.5. The van der Waals surface area contributed by atoms with Crippen LogP contribution >= 0.6 is 0 Å². The first-order valence-corrected chi connectivity index (χ1v) is 11.5. The number of carboxylic acids is 1. The van der Waals surface area contributed by atoms with Gasteiger partial charge in [0, 0.05) is 17.7 Å². The SMILES string of the molecule is Cc1cccc(-c2c(-c3ccccc3)c(C)nn2C[C@H]2CC[C@@H](COCC(=O)O)CC2)c1. The molecule has 0 spiro atoms. The number of aryl methyl sites for hydroxylation is 2. The van der Waals surface area contributed by atoms with Gasteiger partial charge in [0.1, 0.15) is 6.61 Å². The predicted molar refractivity (Wildman–Crippen MR) is 126 cm³/mol. The molecule has 1 aliphatic rings. The molecule has 5 nitrogen and oxygen atoms in total. The van der Waals surface area contributed by atoms with Crippen LogP contribution in [0.1, 0.15) is 36.9 Å². The number of ether oxygens (including phenoxy) is 1. The van der Waals surface area contributed by atoms with Crippen LogP contribution in [0.4, 0.5) is 0 Å². The second-order valence-corrected chi connectivity index (χ2v) is 9.02. The van der Waals surface area contributed by atoms with E-state index in [1.165, 1.54) is 27.9 Å². The topological polar surface area (TPSA) is 64.4 Å². The maximum atomic E-state index is 10.7. The highest BCUT2D eigenvalue weighted by atomic mass is 16.5. The van der Waals surface area contributed by atoms with E-state index in [1.54, 1.807) is 0 Å². The van der Waals surface area contributed by atoms with Crippen LogP contribution in [0.25, 0.3) is 22.4 Å². The summed E-state index contributed by atoms with van der Waals surface area (Å²) in [6.07, 6.45) is 4.40. The predicted octanol–water partition coefficient (Wildman–Crippen LogP) is 5.74. The zero-order valence-corrected chi connectivity index (χ0v) is 19.0. The Morgan fingerprint density at radius 3 is 2.38 bits per heavy atom. The van der Waals surface area contributed by atoms with Crippen LogP contribution in [0, 0.1) is 25.7 Å². The Labute approximate surface area is 190 Å². The molecule has 3 aromatic rings. The van der Waals surface area contributed by atoms with Crippen molar-refractivity contribution in [2.45, 2.75) is 46.1 Å². The summed E-state index contributed by atoms with van der Waals surface area (Å²) in [5.41, 5.74) is 7.13. The first kappa shape index (κ1) is 22.3. The molecule has 0 saturated heterocycles. The fraction of sp³-hybridized carbons (Fsp3) is 0.407. The van der Waals surface area contributed by atoms with Gasteiger partial charge in [0.2, 0.25) is 0 Å². The summed E-state index contributed by atoms with van der Waals surface area (Å²) < 4.78 is 7.55. The Bertz CT molecular complexity index is 1050. The summed E-state index contributed by atoms with van der Waals surface area (Å²) in [4.78, 5) is 10.7. The van der Waals surface area contributed by atoms with Crippen molar-refractivity contribution in [3.63, 3.8) is 0 Å². The molecule has 4 rings (SSSR count). The summed E-state index contributed by atoms with van der Waals surface area (Å²) in [6, 6.07) is 19.2. The monoisotopic (exact) mass is 432 g/mol. The Morgan fingerprint density at radius 1 is 1.00 bits per heavy atom. The van der Waals surface area contributed by atoms with Crippen LogP contribution < -0.4 is 0 Å². The van der Waals surface area contributed by atoms with Crippen LogP contribution in [0.15, 0.2) is 54.6 Å². The van der Waals surface area contributed by atoms with Crippen molar-refractivity contribution >= 4 is 5.97 Å². The number of aliphatic carboxylic acids is 1. The van der Waals surface area contributed by atoms with Crippen molar-refractivity contribution in [1.29, 1.82) is 0 Å². The molecular formula is C27H32N2O3. The van der Waals surface area contributed by atoms with Crippen LogP contribution in [0.3, 0.4) is 0 Å². The lowest BCUT2D eigenvalue weighted by molar-refractivity contribution is -0.142. The van der Waals surface area contributed by atoms with E-state index in [9.17, 15) is 4.79 Å².